The number of anilines is 1. The smallest absolute Gasteiger partial charge is 0.407 e. The van der Waals surface area contributed by atoms with Crippen molar-refractivity contribution in [3.8, 4) is 0 Å². The second-order valence-corrected chi connectivity index (χ2v) is 7.27. The molecule has 1 radical (unpaired) electrons. The largest absolute Gasteiger partial charge is 0.444 e. The van der Waals surface area contributed by atoms with E-state index in [0.717, 1.165) is 6.42 Å². The number of carbonyl (C=O) groups excluding carboxylic acids is 1. The average Bonchev–Trinajstić information content (AvgIpc) is 3.17. The fourth-order valence-corrected chi connectivity index (χ4v) is 2.95. The standard InChI is InChI=1S/C18H23FN5O2/c1-18(2,3)26-17(25)21-14-7-9-23(12-14)16-13(5-4-6-15(16)19)11-24-10-8-20-22-24/h4-6,8,10-11,14H,7,9,12H2,1-3H3,(H,21,25)/t14-/m1/s1. The normalized spacial score (nSPS) is 17.4. The Kier molecular flexibility index (Phi) is 5.11. The van der Waals surface area contributed by atoms with E-state index in [9.17, 15) is 9.18 Å². The number of nitrogens with one attached hydrogen (secondary N) is 1. The predicted octanol–water partition coefficient (Wildman–Crippen LogP) is 2.58. The Morgan fingerprint density at radius 3 is 2.92 bits per heavy atom. The lowest BCUT2D eigenvalue weighted by Gasteiger charge is -2.24. The van der Waals surface area contributed by atoms with Crippen LogP contribution in [0.25, 0.3) is 0 Å². The highest BCUT2D eigenvalue weighted by atomic mass is 19.1. The van der Waals surface area contributed by atoms with Crippen LogP contribution < -0.4 is 10.2 Å². The van der Waals surface area contributed by atoms with E-state index in [-0.39, 0.29) is 11.9 Å². The fraction of sp³-hybridized carbons (Fsp3) is 0.444. The average molecular weight is 360 g/mol. The molecule has 26 heavy (non-hydrogen) atoms. The van der Waals surface area contributed by atoms with Crippen molar-refractivity contribution in [3.63, 3.8) is 0 Å². The molecular formula is C18H23FN5O2. The lowest BCUT2D eigenvalue weighted by atomic mass is 10.1. The Morgan fingerprint density at radius 1 is 1.42 bits per heavy atom. The van der Waals surface area contributed by atoms with Crippen molar-refractivity contribution in [2.45, 2.75) is 38.8 Å². The van der Waals surface area contributed by atoms with Crippen LogP contribution in [0.2, 0.25) is 0 Å². The summed E-state index contributed by atoms with van der Waals surface area (Å²) in [5, 5.41) is 10.5. The van der Waals surface area contributed by atoms with E-state index in [0.29, 0.717) is 24.3 Å². The molecular weight excluding hydrogens is 337 g/mol. The lowest BCUT2D eigenvalue weighted by Crippen LogP contribution is -2.40. The van der Waals surface area contributed by atoms with Gasteiger partial charge in [0, 0.05) is 24.8 Å². The summed E-state index contributed by atoms with van der Waals surface area (Å²) >= 11 is 0. The minimum absolute atomic E-state index is 0.0938. The van der Waals surface area contributed by atoms with Gasteiger partial charge in [-0.25, -0.2) is 13.9 Å². The number of aromatic nitrogens is 3. The molecule has 1 amide bonds. The number of hydrogen-bond donors (Lipinski definition) is 1. The first kappa shape index (κ1) is 18.2. The molecule has 1 saturated heterocycles. The van der Waals surface area contributed by atoms with Gasteiger partial charge in [0.15, 0.2) is 0 Å². The second-order valence-electron chi connectivity index (χ2n) is 7.27. The Labute approximate surface area is 152 Å². The van der Waals surface area contributed by atoms with Gasteiger partial charge in [0.25, 0.3) is 0 Å². The summed E-state index contributed by atoms with van der Waals surface area (Å²) in [5.74, 6) is -0.309. The summed E-state index contributed by atoms with van der Waals surface area (Å²) in [6.07, 6.45) is 3.51. The van der Waals surface area contributed by atoms with Crippen LogP contribution in [-0.4, -0.2) is 45.8 Å². The molecule has 8 heteroatoms. The van der Waals surface area contributed by atoms with E-state index in [4.69, 9.17) is 4.74 Å². The molecule has 1 atom stereocenters. The van der Waals surface area contributed by atoms with Crippen molar-refractivity contribution in [1.82, 2.24) is 20.3 Å². The molecule has 0 saturated carbocycles. The van der Waals surface area contributed by atoms with Gasteiger partial charge >= 0.3 is 6.09 Å². The van der Waals surface area contributed by atoms with Gasteiger partial charge in [-0.2, -0.15) is 0 Å². The van der Waals surface area contributed by atoms with Gasteiger partial charge in [0.2, 0.25) is 0 Å². The Balaban J connectivity index is 1.69. The zero-order chi connectivity index (χ0) is 18.7. The molecule has 2 heterocycles. The highest BCUT2D eigenvalue weighted by molar-refractivity contribution is 5.68. The van der Waals surface area contributed by atoms with Crippen LogP contribution in [0.1, 0.15) is 32.8 Å². The minimum atomic E-state index is -0.548. The van der Waals surface area contributed by atoms with E-state index in [1.807, 2.05) is 31.7 Å². The summed E-state index contributed by atoms with van der Waals surface area (Å²) in [4.78, 5) is 13.9. The summed E-state index contributed by atoms with van der Waals surface area (Å²) < 4.78 is 21.3. The van der Waals surface area contributed by atoms with E-state index in [1.54, 1.807) is 25.0 Å². The third kappa shape index (κ3) is 4.50. The van der Waals surface area contributed by atoms with Crippen LogP contribution in [0.3, 0.4) is 0 Å². The molecule has 7 nitrogen and oxygen atoms in total. The number of para-hydroxylation sites is 1. The van der Waals surface area contributed by atoms with Gasteiger partial charge in [0.05, 0.1) is 17.9 Å². The lowest BCUT2D eigenvalue weighted by molar-refractivity contribution is 0.0509. The molecule has 0 unspecified atom stereocenters. The second kappa shape index (κ2) is 7.31. The monoisotopic (exact) mass is 360 g/mol. The van der Waals surface area contributed by atoms with Crippen LogP contribution in [0, 0.1) is 12.4 Å². The molecule has 139 valence electrons. The maximum Gasteiger partial charge on any atom is 0.407 e. The van der Waals surface area contributed by atoms with Crippen LogP contribution >= 0.6 is 0 Å². The van der Waals surface area contributed by atoms with Crippen molar-refractivity contribution in [1.29, 1.82) is 0 Å². The Bertz CT molecular complexity index is 757. The zero-order valence-corrected chi connectivity index (χ0v) is 15.1. The Hall–Kier alpha value is -2.64. The number of amides is 1. The van der Waals surface area contributed by atoms with E-state index >= 15 is 0 Å². The molecule has 1 aliphatic heterocycles. The number of benzene rings is 1. The third-order valence-corrected chi connectivity index (χ3v) is 3.96. The van der Waals surface area contributed by atoms with Gasteiger partial charge < -0.3 is 15.0 Å². The van der Waals surface area contributed by atoms with Gasteiger partial charge in [-0.3, -0.25) is 0 Å². The predicted molar refractivity (Wildman–Crippen MR) is 95.2 cm³/mol. The molecule has 0 bridgehead atoms. The number of rotatable bonds is 4. The van der Waals surface area contributed by atoms with Gasteiger partial charge in [-0.15, -0.1) is 5.10 Å². The first-order valence-electron chi connectivity index (χ1n) is 8.55. The van der Waals surface area contributed by atoms with Crippen LogP contribution in [0.15, 0.2) is 30.6 Å². The number of ether oxygens (including phenoxy) is 1. The molecule has 2 aromatic rings. The summed E-state index contributed by atoms with van der Waals surface area (Å²) in [7, 11) is 0. The molecule has 1 aromatic heterocycles. The SMILES string of the molecule is CC(C)(C)OC(=O)N[C@@H]1CCN(c2c(F)cccc2[CH]n2ccnn2)C1. The first-order chi connectivity index (χ1) is 12.3. The van der Waals surface area contributed by atoms with Gasteiger partial charge in [-0.05, 0) is 33.3 Å². The molecule has 1 aliphatic rings. The van der Waals surface area contributed by atoms with Crippen LogP contribution in [0.5, 0.6) is 0 Å². The molecule has 1 fully saturated rings. The zero-order valence-electron chi connectivity index (χ0n) is 15.1. The molecule has 0 aliphatic carbocycles. The first-order valence-corrected chi connectivity index (χ1v) is 8.55. The van der Waals surface area contributed by atoms with Gasteiger partial charge in [0.1, 0.15) is 18.0 Å². The van der Waals surface area contributed by atoms with E-state index < -0.39 is 11.7 Å². The number of nitrogens with zero attached hydrogens (tertiary/aromatic N) is 4. The summed E-state index contributed by atoms with van der Waals surface area (Å²) in [6, 6.07) is 4.83. The highest BCUT2D eigenvalue weighted by Crippen LogP contribution is 2.29. The van der Waals surface area contributed by atoms with Gasteiger partial charge in [-0.1, -0.05) is 17.3 Å². The highest BCUT2D eigenvalue weighted by Gasteiger charge is 2.29. The maximum absolute atomic E-state index is 14.5. The molecule has 1 aromatic carbocycles. The maximum atomic E-state index is 14.5. The topological polar surface area (TPSA) is 72.3 Å². The van der Waals surface area contributed by atoms with Crippen molar-refractivity contribution in [2.75, 3.05) is 18.0 Å². The van der Waals surface area contributed by atoms with Crippen molar-refractivity contribution in [2.24, 2.45) is 0 Å². The van der Waals surface area contributed by atoms with Crippen LogP contribution in [-0.2, 0) is 4.74 Å². The number of hydrogen-bond acceptors (Lipinski definition) is 5. The Morgan fingerprint density at radius 2 is 2.23 bits per heavy atom. The van der Waals surface area contributed by atoms with E-state index in [1.165, 1.54) is 10.7 Å². The van der Waals surface area contributed by atoms with E-state index in [2.05, 4.69) is 15.6 Å². The number of alkyl carbamates (subject to hydrolysis) is 1. The number of carbonyl (C=O) groups is 1. The molecule has 1 N–H and O–H groups in total. The summed E-state index contributed by atoms with van der Waals surface area (Å²) in [6.45, 7) is 8.33. The quantitative estimate of drug-likeness (QED) is 0.907. The van der Waals surface area contributed by atoms with Crippen molar-refractivity contribution in [3.05, 3.63) is 48.5 Å². The van der Waals surface area contributed by atoms with Crippen LogP contribution in [0.4, 0.5) is 14.9 Å². The molecule has 0 spiro atoms. The number of halogens is 1. The molecule has 3 rings (SSSR count). The third-order valence-electron chi connectivity index (χ3n) is 3.96. The van der Waals surface area contributed by atoms with Crippen molar-refractivity contribution >= 4 is 11.8 Å². The summed E-state index contributed by atoms with van der Waals surface area (Å²) in [5.41, 5.74) is 0.651. The fourth-order valence-electron chi connectivity index (χ4n) is 2.95. The van der Waals surface area contributed by atoms with Crippen molar-refractivity contribution < 1.29 is 13.9 Å². The minimum Gasteiger partial charge on any atom is -0.444 e.